The maximum absolute atomic E-state index is 5.34. The number of aromatic amines is 1. The number of rotatable bonds is 3. The molecule has 2 atom stereocenters. The molecule has 2 rings (SSSR count). The van der Waals surface area contributed by atoms with Crippen molar-refractivity contribution in [3.05, 3.63) is 17.2 Å². The summed E-state index contributed by atoms with van der Waals surface area (Å²) in [5.41, 5.74) is 2.37. The van der Waals surface area contributed by atoms with Gasteiger partial charge in [-0.15, -0.1) is 0 Å². The number of aromatic nitrogens is 2. The van der Waals surface area contributed by atoms with Crippen molar-refractivity contribution in [2.45, 2.75) is 45.3 Å². The maximum atomic E-state index is 5.34. The molecule has 2 unspecified atom stereocenters. The second-order valence-corrected chi connectivity index (χ2v) is 4.84. The van der Waals surface area contributed by atoms with Crippen LogP contribution in [0.1, 0.15) is 49.4 Å². The van der Waals surface area contributed by atoms with E-state index in [0.717, 1.165) is 18.8 Å². The zero-order chi connectivity index (χ0) is 11.7. The molecular weight excluding hydrogens is 202 g/mol. The molecule has 4 heteroatoms. The molecule has 0 radical (unpaired) electrons. The highest BCUT2D eigenvalue weighted by Gasteiger charge is 2.27. The predicted molar refractivity (Wildman–Crippen MR) is 63.6 cm³/mol. The number of nitrogens with zero attached hydrogens (tertiary/aromatic N) is 1. The Morgan fingerprint density at radius 2 is 2.19 bits per heavy atom. The van der Waals surface area contributed by atoms with Crippen LogP contribution in [-0.2, 0) is 4.74 Å². The lowest BCUT2D eigenvalue weighted by molar-refractivity contribution is 0.117. The molecule has 16 heavy (non-hydrogen) atoms. The van der Waals surface area contributed by atoms with E-state index in [2.05, 4.69) is 36.1 Å². The molecule has 1 aliphatic heterocycles. The highest BCUT2D eigenvalue weighted by Crippen LogP contribution is 2.25. The van der Waals surface area contributed by atoms with Gasteiger partial charge in [0.25, 0.3) is 0 Å². The number of nitrogens with one attached hydrogen (secondary N) is 2. The van der Waals surface area contributed by atoms with Crippen molar-refractivity contribution in [3.8, 4) is 0 Å². The normalized spacial score (nSPS) is 25.6. The van der Waals surface area contributed by atoms with E-state index in [1.807, 2.05) is 0 Å². The molecule has 0 bridgehead atoms. The number of hydrogen-bond donors (Lipinski definition) is 2. The average Bonchev–Trinajstić information content (AvgIpc) is 2.83. The molecule has 0 spiro atoms. The Hall–Kier alpha value is -0.870. The third-order valence-corrected chi connectivity index (χ3v) is 3.24. The molecule has 4 nitrogen and oxygen atoms in total. The van der Waals surface area contributed by atoms with Crippen molar-refractivity contribution in [1.29, 1.82) is 0 Å². The molecule has 0 aromatic carbocycles. The summed E-state index contributed by atoms with van der Waals surface area (Å²) >= 11 is 0. The van der Waals surface area contributed by atoms with Gasteiger partial charge < -0.3 is 15.0 Å². The fourth-order valence-corrected chi connectivity index (χ4v) is 2.32. The first-order valence-electron chi connectivity index (χ1n) is 5.94. The summed E-state index contributed by atoms with van der Waals surface area (Å²) in [6, 6.07) is 0.316. The lowest BCUT2D eigenvalue weighted by Crippen LogP contribution is -2.16. The van der Waals surface area contributed by atoms with Gasteiger partial charge in [-0.2, -0.15) is 0 Å². The van der Waals surface area contributed by atoms with Gasteiger partial charge in [-0.05, 0) is 19.3 Å². The molecule has 1 aromatic heterocycles. The van der Waals surface area contributed by atoms with Crippen LogP contribution >= 0.6 is 0 Å². The molecular formula is C12H21N3O. The van der Waals surface area contributed by atoms with E-state index < -0.39 is 0 Å². The standard InChI is InChI=1S/C12H21N3O/c1-7(2)11-8(3)14-12(15-11)10-5-9(16-4)6-13-10/h7,9-10,13H,5-6H2,1-4H3,(H,14,15). The first-order valence-corrected chi connectivity index (χ1v) is 5.94. The first kappa shape index (κ1) is 11.6. The number of imidazole rings is 1. The van der Waals surface area contributed by atoms with Gasteiger partial charge in [-0.25, -0.2) is 4.98 Å². The lowest BCUT2D eigenvalue weighted by atomic mass is 10.1. The van der Waals surface area contributed by atoms with E-state index in [-0.39, 0.29) is 0 Å². The first-order chi connectivity index (χ1) is 7.61. The van der Waals surface area contributed by atoms with E-state index in [4.69, 9.17) is 4.74 Å². The van der Waals surface area contributed by atoms with Crippen LogP contribution < -0.4 is 5.32 Å². The molecule has 1 fully saturated rings. The zero-order valence-electron chi connectivity index (χ0n) is 10.5. The maximum Gasteiger partial charge on any atom is 0.123 e. The summed E-state index contributed by atoms with van der Waals surface area (Å²) in [5.74, 6) is 1.53. The minimum absolute atomic E-state index is 0.316. The smallest absolute Gasteiger partial charge is 0.123 e. The van der Waals surface area contributed by atoms with E-state index in [1.54, 1.807) is 7.11 Å². The zero-order valence-corrected chi connectivity index (χ0v) is 10.5. The Morgan fingerprint density at radius 1 is 1.44 bits per heavy atom. The van der Waals surface area contributed by atoms with Crippen LogP contribution in [0, 0.1) is 6.92 Å². The van der Waals surface area contributed by atoms with E-state index in [1.165, 1.54) is 11.4 Å². The van der Waals surface area contributed by atoms with Gasteiger partial charge in [-0.3, -0.25) is 0 Å². The molecule has 0 amide bonds. The van der Waals surface area contributed by atoms with Crippen molar-refractivity contribution in [1.82, 2.24) is 15.3 Å². The Morgan fingerprint density at radius 3 is 2.69 bits per heavy atom. The number of methoxy groups -OCH3 is 1. The SMILES string of the molecule is COC1CNC(c2nc(C(C)C)c(C)[nH]2)C1. The number of hydrogen-bond acceptors (Lipinski definition) is 3. The third kappa shape index (κ3) is 2.13. The minimum Gasteiger partial charge on any atom is -0.380 e. The van der Waals surface area contributed by atoms with Crippen LogP contribution in [0.4, 0.5) is 0 Å². The summed E-state index contributed by atoms with van der Waals surface area (Å²) in [4.78, 5) is 8.07. The van der Waals surface area contributed by atoms with Gasteiger partial charge in [0, 0.05) is 19.3 Å². The molecule has 90 valence electrons. The van der Waals surface area contributed by atoms with Crippen molar-refractivity contribution in [2.24, 2.45) is 0 Å². The molecule has 2 N–H and O–H groups in total. The second kappa shape index (κ2) is 4.55. The summed E-state index contributed by atoms with van der Waals surface area (Å²) < 4.78 is 5.34. The van der Waals surface area contributed by atoms with Crippen LogP contribution in [0.5, 0.6) is 0 Å². The minimum atomic E-state index is 0.316. The quantitative estimate of drug-likeness (QED) is 0.822. The molecule has 1 aromatic rings. The highest BCUT2D eigenvalue weighted by atomic mass is 16.5. The molecule has 1 aliphatic rings. The largest absolute Gasteiger partial charge is 0.380 e. The lowest BCUT2D eigenvalue weighted by Gasteiger charge is -2.06. The number of aryl methyl sites for hydroxylation is 1. The third-order valence-electron chi connectivity index (χ3n) is 3.24. The number of ether oxygens (including phenoxy) is 1. The van der Waals surface area contributed by atoms with Crippen molar-refractivity contribution >= 4 is 0 Å². The molecule has 0 aliphatic carbocycles. The van der Waals surface area contributed by atoms with Gasteiger partial charge >= 0.3 is 0 Å². The van der Waals surface area contributed by atoms with Crippen LogP contribution in [0.15, 0.2) is 0 Å². The molecule has 2 heterocycles. The van der Waals surface area contributed by atoms with Gasteiger partial charge in [0.05, 0.1) is 17.8 Å². The van der Waals surface area contributed by atoms with Crippen LogP contribution in [0.25, 0.3) is 0 Å². The Kier molecular flexibility index (Phi) is 3.30. The van der Waals surface area contributed by atoms with Gasteiger partial charge in [0.2, 0.25) is 0 Å². The predicted octanol–water partition coefficient (Wildman–Crippen LogP) is 1.89. The van der Waals surface area contributed by atoms with E-state index >= 15 is 0 Å². The average molecular weight is 223 g/mol. The van der Waals surface area contributed by atoms with Crippen molar-refractivity contribution < 1.29 is 4.74 Å². The van der Waals surface area contributed by atoms with Gasteiger partial charge in [-0.1, -0.05) is 13.8 Å². The van der Waals surface area contributed by atoms with Crippen LogP contribution in [0.2, 0.25) is 0 Å². The molecule has 0 saturated carbocycles. The summed E-state index contributed by atoms with van der Waals surface area (Å²) in [6.45, 7) is 7.35. The van der Waals surface area contributed by atoms with Crippen LogP contribution in [0.3, 0.4) is 0 Å². The van der Waals surface area contributed by atoms with Crippen LogP contribution in [-0.4, -0.2) is 29.7 Å². The monoisotopic (exact) mass is 223 g/mol. The Bertz CT molecular complexity index is 359. The summed E-state index contributed by atoms with van der Waals surface area (Å²) in [7, 11) is 1.77. The van der Waals surface area contributed by atoms with E-state index in [9.17, 15) is 0 Å². The van der Waals surface area contributed by atoms with Gasteiger partial charge in [0.1, 0.15) is 5.82 Å². The van der Waals surface area contributed by atoms with E-state index in [0.29, 0.717) is 18.1 Å². The Labute approximate surface area is 96.8 Å². The summed E-state index contributed by atoms with van der Waals surface area (Å²) in [6.07, 6.45) is 1.32. The van der Waals surface area contributed by atoms with Crippen molar-refractivity contribution in [2.75, 3.05) is 13.7 Å². The fraction of sp³-hybridized carbons (Fsp3) is 0.750. The molecule has 1 saturated heterocycles. The second-order valence-electron chi connectivity index (χ2n) is 4.84. The Balaban J connectivity index is 2.13. The van der Waals surface area contributed by atoms with Gasteiger partial charge in [0.15, 0.2) is 0 Å². The number of H-pyrrole nitrogens is 1. The topological polar surface area (TPSA) is 49.9 Å². The fourth-order valence-electron chi connectivity index (χ4n) is 2.32. The summed E-state index contributed by atoms with van der Waals surface area (Å²) in [5, 5.41) is 3.43. The van der Waals surface area contributed by atoms with Crippen molar-refractivity contribution in [3.63, 3.8) is 0 Å². The highest BCUT2D eigenvalue weighted by molar-refractivity contribution is 5.18.